The molecule has 3 N–H and O–H groups in total. The van der Waals surface area contributed by atoms with Crippen molar-refractivity contribution in [2.24, 2.45) is 11.1 Å². The van der Waals surface area contributed by atoms with E-state index in [0.717, 1.165) is 12.1 Å². The maximum Gasteiger partial charge on any atom is 0.120 e. The van der Waals surface area contributed by atoms with Crippen LogP contribution < -0.4 is 5.32 Å². The molecule has 1 aliphatic rings. The highest BCUT2D eigenvalue weighted by molar-refractivity contribution is 5.87. The van der Waals surface area contributed by atoms with Gasteiger partial charge in [0, 0.05) is 17.5 Å². The van der Waals surface area contributed by atoms with Crippen LogP contribution in [0.1, 0.15) is 36.6 Å². The molecule has 0 aromatic heterocycles. The summed E-state index contributed by atoms with van der Waals surface area (Å²) in [4.78, 5) is 0. The van der Waals surface area contributed by atoms with Crippen molar-refractivity contribution in [3.63, 3.8) is 0 Å². The number of rotatable bonds is 2. The van der Waals surface area contributed by atoms with E-state index in [1.807, 2.05) is 12.1 Å². The van der Waals surface area contributed by atoms with Crippen LogP contribution in [0.15, 0.2) is 65.8 Å². The van der Waals surface area contributed by atoms with Crippen molar-refractivity contribution in [1.82, 2.24) is 0 Å². The summed E-state index contributed by atoms with van der Waals surface area (Å²) >= 11 is 0. The van der Waals surface area contributed by atoms with Crippen molar-refractivity contribution in [3.8, 4) is 0 Å². The van der Waals surface area contributed by atoms with Crippen molar-refractivity contribution < 1.29 is 10.5 Å². The van der Waals surface area contributed by atoms with E-state index in [1.54, 1.807) is 0 Å². The molecule has 0 unspecified atom stereocenters. The number of piperidine rings is 1. The molecule has 1 heterocycles. The van der Waals surface area contributed by atoms with Gasteiger partial charge in [0.15, 0.2) is 0 Å². The van der Waals surface area contributed by atoms with E-state index in [4.69, 9.17) is 0 Å². The molecule has 2 aromatic carbocycles. The maximum atomic E-state index is 9.36. The molecular weight excluding hydrogens is 260 g/mol. The molecule has 1 aliphatic heterocycles. The van der Waals surface area contributed by atoms with Gasteiger partial charge in [-0.3, -0.25) is 0 Å². The quantitative estimate of drug-likeness (QED) is 0.645. The van der Waals surface area contributed by atoms with Gasteiger partial charge in [0.05, 0.1) is 11.6 Å². The van der Waals surface area contributed by atoms with E-state index in [0.29, 0.717) is 6.04 Å². The first-order chi connectivity index (χ1) is 10.3. The Labute approximate surface area is 125 Å². The third kappa shape index (κ3) is 2.83. The van der Waals surface area contributed by atoms with Crippen LogP contribution in [-0.4, -0.2) is 10.9 Å². The fourth-order valence-corrected chi connectivity index (χ4v) is 3.24. The summed E-state index contributed by atoms with van der Waals surface area (Å²) in [5.74, 6) is 0.234. The Balaban J connectivity index is 1.93. The summed E-state index contributed by atoms with van der Waals surface area (Å²) < 4.78 is 0. The Bertz CT molecular complexity index is 610. The summed E-state index contributed by atoms with van der Waals surface area (Å²) in [7, 11) is 0. The average molecular weight is 281 g/mol. The number of nitrogens with zero attached hydrogens (tertiary/aromatic N) is 1. The number of quaternary nitrogens is 1. The molecule has 3 atom stereocenters. The van der Waals surface area contributed by atoms with Crippen LogP contribution in [-0.2, 0) is 0 Å². The molecule has 3 nitrogen and oxygen atoms in total. The second-order valence-electron chi connectivity index (χ2n) is 5.73. The van der Waals surface area contributed by atoms with Gasteiger partial charge in [0.2, 0.25) is 0 Å². The number of nitrogens with two attached hydrogens (primary N) is 1. The summed E-state index contributed by atoms with van der Waals surface area (Å²) in [5, 5.41) is 15.3. The lowest BCUT2D eigenvalue weighted by Crippen LogP contribution is -2.90. The van der Waals surface area contributed by atoms with Gasteiger partial charge in [-0.1, -0.05) is 72.7 Å². The Morgan fingerprint density at radius 1 is 0.952 bits per heavy atom. The lowest BCUT2D eigenvalue weighted by atomic mass is 9.81. The third-order valence-corrected chi connectivity index (χ3v) is 4.47. The highest BCUT2D eigenvalue weighted by Gasteiger charge is 2.37. The first kappa shape index (κ1) is 13.8. The van der Waals surface area contributed by atoms with E-state index in [1.165, 1.54) is 11.1 Å². The summed E-state index contributed by atoms with van der Waals surface area (Å²) in [6.45, 7) is 2.14. The molecule has 3 heteroatoms. The molecule has 0 radical (unpaired) electrons. The van der Waals surface area contributed by atoms with Crippen molar-refractivity contribution in [2.75, 3.05) is 0 Å². The second kappa shape index (κ2) is 6.10. The zero-order chi connectivity index (χ0) is 14.7. The van der Waals surface area contributed by atoms with Crippen molar-refractivity contribution >= 4 is 5.71 Å². The zero-order valence-electron chi connectivity index (χ0n) is 12.2. The van der Waals surface area contributed by atoms with Gasteiger partial charge in [0.25, 0.3) is 0 Å². The van der Waals surface area contributed by atoms with E-state index in [9.17, 15) is 5.21 Å². The number of hydrogen-bond acceptors (Lipinski definition) is 2. The van der Waals surface area contributed by atoms with Gasteiger partial charge in [-0.2, -0.15) is 0 Å². The van der Waals surface area contributed by atoms with E-state index in [2.05, 4.69) is 65.9 Å². The van der Waals surface area contributed by atoms with Crippen LogP contribution in [0.3, 0.4) is 0 Å². The minimum Gasteiger partial charge on any atom is -0.411 e. The average Bonchev–Trinajstić information content (AvgIpc) is 2.56. The molecule has 0 spiro atoms. The van der Waals surface area contributed by atoms with Gasteiger partial charge in [-0.15, -0.1) is 0 Å². The molecule has 3 rings (SSSR count). The van der Waals surface area contributed by atoms with Crippen LogP contribution in [0.25, 0.3) is 0 Å². The van der Waals surface area contributed by atoms with Crippen LogP contribution in [0.4, 0.5) is 0 Å². The number of hydrogen-bond donors (Lipinski definition) is 2. The molecular formula is C18H21N2O+. The second-order valence-corrected chi connectivity index (χ2v) is 5.73. The van der Waals surface area contributed by atoms with Gasteiger partial charge < -0.3 is 10.5 Å². The maximum absolute atomic E-state index is 9.36. The monoisotopic (exact) mass is 281 g/mol. The molecule has 0 saturated carbocycles. The smallest absolute Gasteiger partial charge is 0.120 e. The molecule has 0 bridgehead atoms. The van der Waals surface area contributed by atoms with Gasteiger partial charge in [-0.05, 0) is 0 Å². The Morgan fingerprint density at radius 2 is 1.52 bits per heavy atom. The fourth-order valence-electron chi connectivity index (χ4n) is 3.24. The Hall–Kier alpha value is -2.13. The van der Waals surface area contributed by atoms with E-state index >= 15 is 0 Å². The molecule has 2 aromatic rings. The lowest BCUT2D eigenvalue weighted by molar-refractivity contribution is -0.741. The Kier molecular flexibility index (Phi) is 4.02. The highest BCUT2D eigenvalue weighted by Crippen LogP contribution is 2.29. The first-order valence-electron chi connectivity index (χ1n) is 7.45. The van der Waals surface area contributed by atoms with Crippen LogP contribution >= 0.6 is 0 Å². The van der Waals surface area contributed by atoms with E-state index in [-0.39, 0.29) is 12.0 Å². The van der Waals surface area contributed by atoms with Crippen molar-refractivity contribution in [1.29, 1.82) is 0 Å². The molecule has 21 heavy (non-hydrogen) atoms. The van der Waals surface area contributed by atoms with Gasteiger partial charge >= 0.3 is 0 Å². The largest absolute Gasteiger partial charge is 0.411 e. The van der Waals surface area contributed by atoms with Crippen LogP contribution in [0.2, 0.25) is 0 Å². The standard InChI is InChI=1S/C18H20N2O/c1-13-16(20-21)12-17(14-8-4-2-5-9-14)19-18(13)15-10-6-3-7-11-15/h2-11,13,17-19,21H,12H2,1H3/p+1/b20-16+/t13-,17+,18+/m1/s1. The van der Waals surface area contributed by atoms with Crippen molar-refractivity contribution in [2.45, 2.75) is 25.4 Å². The summed E-state index contributed by atoms with van der Waals surface area (Å²) in [6, 6.07) is 21.5. The normalized spacial score (nSPS) is 27.7. The third-order valence-electron chi connectivity index (χ3n) is 4.47. The lowest BCUT2D eigenvalue weighted by Gasteiger charge is -2.33. The number of benzene rings is 2. The fraction of sp³-hybridized carbons (Fsp3) is 0.278. The summed E-state index contributed by atoms with van der Waals surface area (Å²) in [5.41, 5.74) is 3.46. The topological polar surface area (TPSA) is 49.2 Å². The van der Waals surface area contributed by atoms with Crippen molar-refractivity contribution in [3.05, 3.63) is 71.8 Å². The first-order valence-corrected chi connectivity index (χ1v) is 7.45. The summed E-state index contributed by atoms with van der Waals surface area (Å²) in [6.07, 6.45) is 0.797. The predicted molar refractivity (Wildman–Crippen MR) is 83.3 cm³/mol. The van der Waals surface area contributed by atoms with Gasteiger partial charge in [0.1, 0.15) is 12.1 Å². The molecule has 0 aliphatic carbocycles. The molecule has 0 amide bonds. The SMILES string of the molecule is C[C@@H]1/C(=N/O)C[C@@H](c2ccccc2)[NH2+][C@@H]1c1ccccc1. The zero-order valence-corrected chi connectivity index (χ0v) is 12.2. The molecule has 1 saturated heterocycles. The predicted octanol–water partition coefficient (Wildman–Crippen LogP) is 2.90. The minimum absolute atomic E-state index is 0.234. The Morgan fingerprint density at radius 3 is 2.10 bits per heavy atom. The molecule has 108 valence electrons. The minimum atomic E-state index is 0.234. The van der Waals surface area contributed by atoms with Crippen LogP contribution in [0, 0.1) is 5.92 Å². The highest BCUT2D eigenvalue weighted by atomic mass is 16.4. The van der Waals surface area contributed by atoms with Crippen LogP contribution in [0.5, 0.6) is 0 Å². The molecule has 1 fully saturated rings. The van der Waals surface area contributed by atoms with Gasteiger partial charge in [-0.25, -0.2) is 0 Å². The number of oxime groups is 1. The van der Waals surface area contributed by atoms with E-state index < -0.39 is 0 Å².